The van der Waals surface area contributed by atoms with Crippen LogP contribution in [0.2, 0.25) is 0 Å². The van der Waals surface area contributed by atoms with Gasteiger partial charge < -0.3 is 27.9 Å². The summed E-state index contributed by atoms with van der Waals surface area (Å²) in [7, 11) is 1.17. The first-order chi connectivity index (χ1) is 27.0. The van der Waals surface area contributed by atoms with E-state index in [9.17, 15) is 19.0 Å². The first-order valence-electron chi connectivity index (χ1n) is 23.4. The maximum atomic E-state index is 12.7. The molecule has 9 nitrogen and oxygen atoms in total. The molecule has 332 valence electrons. The number of unbranched alkanes of at least 4 members (excludes halogenated alkanes) is 27. The standard InChI is InChI=1S/C46H90NO8P/c1-6-8-10-12-14-16-18-20-22-23-25-27-29-31-33-35-37-39-46(49)55-44(43-54-56(50,51)53-41-40-47(3,4)5)42-52-45(48)38-36-34-32-30-28-26-24-21-19-17-15-13-11-9-7-2/h17,19,44H,6-16,18,20-43H2,1-5H3/b19-17+/t44-/m1/s1. The molecule has 0 aliphatic carbocycles. The van der Waals surface area contributed by atoms with Gasteiger partial charge in [0.1, 0.15) is 19.8 Å². The van der Waals surface area contributed by atoms with Crippen molar-refractivity contribution < 1.29 is 42.1 Å². The van der Waals surface area contributed by atoms with Crippen molar-refractivity contribution in [2.24, 2.45) is 0 Å². The maximum absolute atomic E-state index is 12.7. The second-order valence-corrected chi connectivity index (χ2v) is 18.5. The average Bonchev–Trinajstić information content (AvgIpc) is 3.15. The molecule has 0 bridgehead atoms. The van der Waals surface area contributed by atoms with Crippen molar-refractivity contribution in [3.05, 3.63) is 12.2 Å². The van der Waals surface area contributed by atoms with E-state index >= 15 is 0 Å². The molecule has 0 spiro atoms. The van der Waals surface area contributed by atoms with E-state index in [0.717, 1.165) is 44.9 Å². The fraction of sp³-hybridized carbons (Fsp3) is 0.913. The Bertz CT molecular complexity index is 969. The van der Waals surface area contributed by atoms with Gasteiger partial charge in [-0.3, -0.25) is 14.2 Å². The first-order valence-corrected chi connectivity index (χ1v) is 24.9. The minimum absolute atomic E-state index is 0.0281. The van der Waals surface area contributed by atoms with E-state index in [1.54, 1.807) is 0 Å². The molecule has 0 aromatic carbocycles. The first kappa shape index (κ1) is 54.8. The van der Waals surface area contributed by atoms with E-state index in [-0.39, 0.29) is 32.0 Å². The number of likely N-dealkylation sites (N-methyl/N-ethyl adjacent to an activating group) is 1. The highest BCUT2D eigenvalue weighted by Crippen LogP contribution is 2.38. The van der Waals surface area contributed by atoms with Crippen LogP contribution in [-0.2, 0) is 32.7 Å². The second kappa shape index (κ2) is 39.2. The fourth-order valence-corrected chi connectivity index (χ4v) is 7.32. The molecule has 0 rings (SSSR count). The third kappa shape index (κ3) is 42.4. The Balaban J connectivity index is 4.29. The lowest BCUT2D eigenvalue weighted by Gasteiger charge is -2.28. The van der Waals surface area contributed by atoms with E-state index in [1.165, 1.54) is 141 Å². The lowest BCUT2D eigenvalue weighted by molar-refractivity contribution is -0.870. The third-order valence-electron chi connectivity index (χ3n) is 10.3. The molecular weight excluding hydrogens is 725 g/mol. The maximum Gasteiger partial charge on any atom is 0.306 e. The van der Waals surface area contributed by atoms with Gasteiger partial charge in [-0.25, -0.2) is 0 Å². The van der Waals surface area contributed by atoms with Crippen LogP contribution in [0.5, 0.6) is 0 Å². The van der Waals surface area contributed by atoms with E-state index in [4.69, 9.17) is 18.5 Å². The lowest BCUT2D eigenvalue weighted by atomic mass is 10.0. The summed E-state index contributed by atoms with van der Waals surface area (Å²) in [5.41, 5.74) is 0. The van der Waals surface area contributed by atoms with Crippen LogP contribution in [0.4, 0.5) is 0 Å². The Morgan fingerprint density at radius 2 is 0.911 bits per heavy atom. The molecule has 0 aromatic rings. The Morgan fingerprint density at radius 1 is 0.536 bits per heavy atom. The fourth-order valence-electron chi connectivity index (χ4n) is 6.59. The van der Waals surface area contributed by atoms with E-state index in [0.29, 0.717) is 17.4 Å². The van der Waals surface area contributed by atoms with Crippen LogP contribution in [0.25, 0.3) is 0 Å². The number of hydrogen-bond donors (Lipinski definition) is 0. The number of esters is 2. The molecule has 0 aliphatic rings. The molecule has 2 atom stereocenters. The number of quaternary nitrogens is 1. The highest BCUT2D eigenvalue weighted by atomic mass is 31.2. The van der Waals surface area contributed by atoms with Crippen molar-refractivity contribution >= 4 is 19.8 Å². The van der Waals surface area contributed by atoms with Crippen LogP contribution in [0.3, 0.4) is 0 Å². The molecule has 0 aromatic heterocycles. The monoisotopic (exact) mass is 816 g/mol. The number of carbonyl (C=O) groups is 2. The SMILES string of the molecule is CCCCCC/C=C/CCCCCCCCCC(=O)OC[C@H](COP(=O)([O-])OCC[N+](C)(C)C)OC(=O)CCCCCCCCCCCCCCCCCCC. The van der Waals surface area contributed by atoms with E-state index < -0.39 is 26.5 Å². The summed E-state index contributed by atoms with van der Waals surface area (Å²) in [6.45, 7) is 4.24. The predicted octanol–water partition coefficient (Wildman–Crippen LogP) is 12.7. The summed E-state index contributed by atoms with van der Waals surface area (Å²) in [5.74, 6) is -0.828. The zero-order valence-electron chi connectivity index (χ0n) is 37.3. The summed E-state index contributed by atoms with van der Waals surface area (Å²) in [4.78, 5) is 37.6. The number of nitrogens with zero attached hydrogens (tertiary/aromatic N) is 1. The predicted molar refractivity (Wildman–Crippen MR) is 231 cm³/mol. The third-order valence-corrected chi connectivity index (χ3v) is 11.2. The molecule has 10 heteroatoms. The van der Waals surface area contributed by atoms with Crippen LogP contribution >= 0.6 is 7.82 Å². The minimum atomic E-state index is -4.62. The molecule has 0 radical (unpaired) electrons. The minimum Gasteiger partial charge on any atom is -0.756 e. The smallest absolute Gasteiger partial charge is 0.306 e. The number of carbonyl (C=O) groups excluding carboxylic acids is 2. The summed E-state index contributed by atoms with van der Waals surface area (Å²) in [5, 5.41) is 0. The molecule has 0 aliphatic heterocycles. The molecule has 0 heterocycles. The second-order valence-electron chi connectivity index (χ2n) is 17.1. The van der Waals surface area contributed by atoms with Crippen LogP contribution in [-0.4, -0.2) is 70.0 Å². The Kier molecular flexibility index (Phi) is 38.3. The van der Waals surface area contributed by atoms with Gasteiger partial charge in [-0.1, -0.05) is 180 Å². The molecule has 1 unspecified atom stereocenters. The Morgan fingerprint density at radius 3 is 1.34 bits per heavy atom. The molecule has 0 N–H and O–H groups in total. The van der Waals surface area contributed by atoms with Crippen molar-refractivity contribution in [2.45, 2.75) is 225 Å². The summed E-state index contributed by atoms with van der Waals surface area (Å²) in [6.07, 6.45) is 40.9. The number of hydrogen-bond acceptors (Lipinski definition) is 8. The van der Waals surface area contributed by atoms with Crippen LogP contribution < -0.4 is 4.89 Å². The molecule has 0 saturated heterocycles. The topological polar surface area (TPSA) is 111 Å². The molecule has 0 saturated carbocycles. The summed E-state index contributed by atoms with van der Waals surface area (Å²) < 4.78 is 34.0. The molecule has 0 amide bonds. The molecule has 0 fully saturated rings. The van der Waals surface area contributed by atoms with Gasteiger partial charge in [0.15, 0.2) is 6.10 Å². The Hall–Kier alpha value is -1.25. The Labute approximate surface area is 346 Å². The average molecular weight is 816 g/mol. The van der Waals surface area contributed by atoms with Crippen molar-refractivity contribution in [1.29, 1.82) is 0 Å². The highest BCUT2D eigenvalue weighted by molar-refractivity contribution is 7.45. The largest absolute Gasteiger partial charge is 0.756 e. The summed E-state index contributed by atoms with van der Waals surface area (Å²) >= 11 is 0. The van der Waals surface area contributed by atoms with Crippen LogP contribution in [0, 0.1) is 0 Å². The van der Waals surface area contributed by atoms with Gasteiger partial charge >= 0.3 is 11.9 Å². The number of phosphoric acid groups is 1. The van der Waals surface area contributed by atoms with Crippen molar-refractivity contribution in [1.82, 2.24) is 0 Å². The number of allylic oxidation sites excluding steroid dienone is 2. The van der Waals surface area contributed by atoms with Gasteiger partial charge in [0.25, 0.3) is 7.82 Å². The number of rotatable bonds is 43. The van der Waals surface area contributed by atoms with Gasteiger partial charge in [-0.2, -0.15) is 0 Å². The number of phosphoric ester groups is 1. The zero-order chi connectivity index (χ0) is 41.4. The molecular formula is C46H90NO8P. The van der Waals surface area contributed by atoms with Crippen molar-refractivity contribution in [3.8, 4) is 0 Å². The van der Waals surface area contributed by atoms with Crippen LogP contribution in [0.1, 0.15) is 219 Å². The van der Waals surface area contributed by atoms with Crippen molar-refractivity contribution in [2.75, 3.05) is 47.5 Å². The highest BCUT2D eigenvalue weighted by Gasteiger charge is 2.21. The lowest BCUT2D eigenvalue weighted by Crippen LogP contribution is -2.37. The number of ether oxygens (including phenoxy) is 2. The van der Waals surface area contributed by atoms with Gasteiger partial charge in [0, 0.05) is 12.8 Å². The van der Waals surface area contributed by atoms with Crippen molar-refractivity contribution in [3.63, 3.8) is 0 Å². The van der Waals surface area contributed by atoms with Gasteiger partial charge in [-0.05, 0) is 38.5 Å². The summed E-state index contributed by atoms with van der Waals surface area (Å²) in [6, 6.07) is 0. The van der Waals surface area contributed by atoms with Gasteiger partial charge in [-0.15, -0.1) is 0 Å². The van der Waals surface area contributed by atoms with Crippen LogP contribution in [0.15, 0.2) is 12.2 Å². The zero-order valence-corrected chi connectivity index (χ0v) is 38.2. The quantitative estimate of drug-likeness (QED) is 0.0197. The normalized spacial score (nSPS) is 13.6. The van der Waals surface area contributed by atoms with E-state index in [1.807, 2.05) is 21.1 Å². The van der Waals surface area contributed by atoms with Gasteiger partial charge in [0.2, 0.25) is 0 Å². The van der Waals surface area contributed by atoms with Gasteiger partial charge in [0.05, 0.1) is 27.7 Å². The van der Waals surface area contributed by atoms with E-state index in [2.05, 4.69) is 26.0 Å². The molecule has 56 heavy (non-hydrogen) atoms.